The Morgan fingerprint density at radius 1 is 0.880 bits per heavy atom. The molecule has 1 atom stereocenters. The van der Waals surface area contributed by atoms with E-state index in [1.807, 2.05) is 0 Å². The van der Waals surface area contributed by atoms with Crippen molar-refractivity contribution in [1.82, 2.24) is 0 Å². The summed E-state index contributed by atoms with van der Waals surface area (Å²) in [4.78, 5) is 5.30. The maximum atomic E-state index is 5.30. The third kappa shape index (κ3) is 2.53. The van der Waals surface area contributed by atoms with Gasteiger partial charge in [0.1, 0.15) is 5.84 Å². The average molecular weight is 331 g/mol. The molecule has 3 aliphatic rings. The normalized spacial score (nSPS) is 25.1. The van der Waals surface area contributed by atoms with E-state index in [0.717, 1.165) is 24.4 Å². The summed E-state index contributed by atoms with van der Waals surface area (Å²) in [6.07, 6.45) is 8.50. The first kappa shape index (κ1) is 15.0. The number of hydrogen-bond acceptors (Lipinski definition) is 2. The van der Waals surface area contributed by atoms with Gasteiger partial charge in [0.2, 0.25) is 0 Å². The van der Waals surface area contributed by atoms with Gasteiger partial charge in [-0.05, 0) is 48.9 Å². The summed E-state index contributed by atoms with van der Waals surface area (Å²) in [7, 11) is 0. The number of anilines is 2. The van der Waals surface area contributed by atoms with E-state index in [2.05, 4.69) is 59.2 Å². The van der Waals surface area contributed by atoms with Crippen LogP contribution in [-0.4, -0.2) is 11.4 Å². The number of fused-ring (bicyclic) bond motifs is 2. The van der Waals surface area contributed by atoms with Gasteiger partial charge < -0.3 is 10.6 Å². The predicted molar refractivity (Wildman–Crippen MR) is 104 cm³/mol. The van der Waals surface area contributed by atoms with Crippen molar-refractivity contribution in [2.75, 3.05) is 10.6 Å². The van der Waals surface area contributed by atoms with Crippen LogP contribution in [0.1, 0.15) is 55.7 Å². The lowest BCUT2D eigenvalue weighted by Gasteiger charge is -2.44. The number of hydrogen-bond donors (Lipinski definition) is 2. The molecule has 2 aromatic carbocycles. The van der Waals surface area contributed by atoms with Crippen molar-refractivity contribution in [1.29, 1.82) is 0 Å². The number of para-hydroxylation sites is 2. The monoisotopic (exact) mass is 331 g/mol. The summed E-state index contributed by atoms with van der Waals surface area (Å²) in [5.74, 6) is 1.16. The van der Waals surface area contributed by atoms with Crippen LogP contribution in [-0.2, 0) is 6.42 Å². The molecular formula is C22H25N3. The van der Waals surface area contributed by atoms with Crippen molar-refractivity contribution in [3.63, 3.8) is 0 Å². The molecule has 25 heavy (non-hydrogen) atoms. The predicted octanol–water partition coefficient (Wildman–Crippen LogP) is 5.31. The van der Waals surface area contributed by atoms with Crippen LogP contribution in [0.15, 0.2) is 53.5 Å². The number of rotatable bonds is 1. The fourth-order valence-corrected chi connectivity index (χ4v) is 4.76. The highest BCUT2D eigenvalue weighted by molar-refractivity contribution is 6.09. The molecular weight excluding hydrogens is 306 g/mol. The number of amidine groups is 1. The quantitative estimate of drug-likeness (QED) is 0.742. The van der Waals surface area contributed by atoms with Crippen LogP contribution in [0.2, 0.25) is 0 Å². The SMILES string of the molecule is c1ccc2c(c1)CCC2N=C1Nc2ccccc2NC12CCCCC2. The van der Waals surface area contributed by atoms with Gasteiger partial charge in [-0.2, -0.15) is 0 Å². The minimum absolute atomic E-state index is 0.00978. The van der Waals surface area contributed by atoms with Crippen LogP contribution in [0.3, 0.4) is 0 Å². The number of nitrogens with one attached hydrogen (secondary N) is 2. The molecule has 2 N–H and O–H groups in total. The topological polar surface area (TPSA) is 36.4 Å². The average Bonchev–Trinajstić information content (AvgIpc) is 3.06. The molecule has 5 rings (SSSR count). The Labute approximate surface area is 149 Å². The smallest absolute Gasteiger partial charge is 0.127 e. The Morgan fingerprint density at radius 2 is 1.64 bits per heavy atom. The summed E-state index contributed by atoms with van der Waals surface area (Å²) in [5, 5.41) is 7.57. The van der Waals surface area contributed by atoms with Gasteiger partial charge in [0.15, 0.2) is 0 Å². The minimum Gasteiger partial charge on any atom is -0.371 e. The van der Waals surface area contributed by atoms with E-state index in [1.165, 1.54) is 48.9 Å². The summed E-state index contributed by atoms with van der Waals surface area (Å²) in [6, 6.07) is 17.6. The Kier molecular flexibility index (Phi) is 3.54. The van der Waals surface area contributed by atoms with Gasteiger partial charge in [0, 0.05) is 0 Å². The molecule has 0 amide bonds. The molecule has 3 nitrogen and oxygen atoms in total. The van der Waals surface area contributed by atoms with Crippen LogP contribution < -0.4 is 10.6 Å². The van der Waals surface area contributed by atoms with Gasteiger partial charge in [-0.15, -0.1) is 0 Å². The maximum absolute atomic E-state index is 5.30. The fourth-order valence-electron chi connectivity index (χ4n) is 4.76. The van der Waals surface area contributed by atoms with Crippen LogP contribution in [0.4, 0.5) is 11.4 Å². The molecule has 1 spiro atoms. The van der Waals surface area contributed by atoms with E-state index in [9.17, 15) is 0 Å². The molecule has 1 heterocycles. The van der Waals surface area contributed by atoms with Gasteiger partial charge in [0.25, 0.3) is 0 Å². The molecule has 0 saturated heterocycles. The Hall–Kier alpha value is -2.29. The zero-order valence-electron chi connectivity index (χ0n) is 14.6. The van der Waals surface area contributed by atoms with E-state index in [-0.39, 0.29) is 5.54 Å². The van der Waals surface area contributed by atoms with Crippen LogP contribution >= 0.6 is 0 Å². The maximum Gasteiger partial charge on any atom is 0.127 e. The molecule has 1 unspecified atom stereocenters. The second kappa shape index (κ2) is 5.91. The summed E-state index contributed by atoms with van der Waals surface area (Å²) in [6.45, 7) is 0. The molecule has 0 aromatic heterocycles. The highest BCUT2D eigenvalue weighted by atomic mass is 15.2. The van der Waals surface area contributed by atoms with E-state index >= 15 is 0 Å². The largest absolute Gasteiger partial charge is 0.371 e. The molecule has 128 valence electrons. The molecule has 0 radical (unpaired) electrons. The first-order valence-corrected chi connectivity index (χ1v) is 9.64. The number of nitrogens with zero attached hydrogens (tertiary/aromatic N) is 1. The molecule has 1 fully saturated rings. The van der Waals surface area contributed by atoms with Crippen molar-refractivity contribution in [2.45, 2.75) is 56.5 Å². The lowest BCUT2D eigenvalue weighted by atomic mass is 9.79. The van der Waals surface area contributed by atoms with E-state index < -0.39 is 0 Å². The van der Waals surface area contributed by atoms with Gasteiger partial charge in [0.05, 0.1) is 23.0 Å². The Morgan fingerprint density at radius 3 is 2.52 bits per heavy atom. The lowest BCUT2D eigenvalue weighted by molar-refractivity contribution is 0.401. The first-order chi connectivity index (χ1) is 12.3. The lowest BCUT2D eigenvalue weighted by Crippen LogP contribution is -2.53. The summed E-state index contributed by atoms with van der Waals surface area (Å²) >= 11 is 0. The van der Waals surface area contributed by atoms with E-state index in [0.29, 0.717) is 6.04 Å². The first-order valence-electron chi connectivity index (χ1n) is 9.64. The fraction of sp³-hybridized carbons (Fsp3) is 0.409. The van der Waals surface area contributed by atoms with Crippen LogP contribution in [0.5, 0.6) is 0 Å². The van der Waals surface area contributed by atoms with Crippen LogP contribution in [0.25, 0.3) is 0 Å². The number of aryl methyl sites for hydroxylation is 1. The second-order valence-electron chi connectivity index (χ2n) is 7.67. The molecule has 1 aliphatic heterocycles. The van der Waals surface area contributed by atoms with Gasteiger partial charge >= 0.3 is 0 Å². The second-order valence-corrected chi connectivity index (χ2v) is 7.67. The van der Waals surface area contributed by atoms with Crippen molar-refractivity contribution < 1.29 is 0 Å². The zero-order chi connectivity index (χ0) is 16.7. The summed E-state index contributed by atoms with van der Waals surface area (Å²) in [5.41, 5.74) is 5.25. The van der Waals surface area contributed by atoms with Crippen molar-refractivity contribution >= 4 is 17.2 Å². The highest BCUT2D eigenvalue weighted by Crippen LogP contribution is 2.41. The van der Waals surface area contributed by atoms with Gasteiger partial charge in [-0.1, -0.05) is 55.7 Å². The number of aliphatic imine (C=N–C) groups is 1. The van der Waals surface area contributed by atoms with E-state index in [1.54, 1.807) is 0 Å². The standard InChI is InChI=1S/C22H25N3/c1-6-14-22(15-7-1)21(24-19-10-4-5-11-20(19)25-22)23-18-13-12-16-8-2-3-9-17(16)18/h2-5,8-11,18,25H,1,6-7,12-15H2,(H,23,24). The van der Waals surface area contributed by atoms with E-state index in [4.69, 9.17) is 4.99 Å². The zero-order valence-corrected chi connectivity index (χ0v) is 14.6. The Bertz CT molecular complexity index is 818. The summed E-state index contributed by atoms with van der Waals surface area (Å²) < 4.78 is 0. The molecule has 2 aliphatic carbocycles. The Balaban J connectivity index is 1.56. The molecule has 1 saturated carbocycles. The van der Waals surface area contributed by atoms with Crippen molar-refractivity contribution in [3.8, 4) is 0 Å². The third-order valence-corrected chi connectivity index (χ3v) is 6.10. The molecule has 0 bridgehead atoms. The molecule has 2 aromatic rings. The number of benzene rings is 2. The van der Waals surface area contributed by atoms with Gasteiger partial charge in [-0.3, -0.25) is 4.99 Å². The highest BCUT2D eigenvalue weighted by Gasteiger charge is 2.41. The van der Waals surface area contributed by atoms with Crippen molar-refractivity contribution in [3.05, 3.63) is 59.7 Å². The van der Waals surface area contributed by atoms with Gasteiger partial charge in [-0.25, -0.2) is 0 Å². The molecule has 3 heteroatoms. The van der Waals surface area contributed by atoms with Crippen molar-refractivity contribution in [2.24, 2.45) is 4.99 Å². The minimum atomic E-state index is -0.00978. The third-order valence-electron chi connectivity index (χ3n) is 6.10. The van der Waals surface area contributed by atoms with Crippen LogP contribution in [0, 0.1) is 0 Å².